The molecular weight excluding hydrogens is 304 g/mol. The van der Waals surface area contributed by atoms with Gasteiger partial charge in [-0.2, -0.15) is 0 Å². The van der Waals surface area contributed by atoms with Gasteiger partial charge in [0, 0.05) is 25.8 Å². The summed E-state index contributed by atoms with van der Waals surface area (Å²) < 4.78 is 5.34. The molecule has 6 nitrogen and oxygen atoms in total. The van der Waals surface area contributed by atoms with E-state index in [9.17, 15) is 4.79 Å². The summed E-state index contributed by atoms with van der Waals surface area (Å²) in [4.78, 5) is 18.4. The van der Waals surface area contributed by atoms with Gasteiger partial charge in [0.25, 0.3) is 0 Å². The van der Waals surface area contributed by atoms with Crippen LogP contribution in [-0.2, 0) is 16.1 Å². The summed E-state index contributed by atoms with van der Waals surface area (Å²) >= 11 is 0. The Morgan fingerprint density at radius 2 is 2.14 bits per heavy atom. The second kappa shape index (κ2) is 8.92. The van der Waals surface area contributed by atoms with E-state index in [0.29, 0.717) is 6.54 Å². The highest BCUT2D eigenvalue weighted by Gasteiger charge is 2.17. The van der Waals surface area contributed by atoms with Crippen molar-refractivity contribution in [2.45, 2.75) is 26.4 Å². The van der Waals surface area contributed by atoms with Crippen molar-refractivity contribution in [2.75, 3.05) is 31.2 Å². The number of nitrogens with two attached hydrogens (primary N) is 1. The molecule has 0 bridgehead atoms. The molecule has 3 N–H and O–H groups in total. The largest absolute Gasteiger partial charge is 0.378 e. The van der Waals surface area contributed by atoms with E-state index in [1.54, 1.807) is 6.20 Å². The number of carbonyl (C=O) groups excluding carboxylic acids is 1. The Morgan fingerprint density at radius 1 is 1.45 bits per heavy atom. The Balaban J connectivity index is 0.00000242. The average Bonchev–Trinajstić information content (AvgIpc) is 2.53. The first kappa shape index (κ1) is 18.7. The standard InChI is InChI=1S/C15H24N4O2.ClH/c1-11(2)14(16)15(20)18-10-12-3-4-17-13(9-12)19-5-7-21-8-6-19;/h3-4,9,11,14H,5-8,10,16H2,1-2H3,(H,18,20);1H/t14-;/m0./s1. The van der Waals surface area contributed by atoms with Crippen LogP contribution in [0.1, 0.15) is 19.4 Å². The number of ether oxygens (including phenoxy) is 1. The molecule has 0 radical (unpaired) electrons. The van der Waals surface area contributed by atoms with Gasteiger partial charge in [-0.1, -0.05) is 13.8 Å². The van der Waals surface area contributed by atoms with Crippen LogP contribution < -0.4 is 16.0 Å². The molecule has 0 saturated carbocycles. The number of anilines is 1. The van der Waals surface area contributed by atoms with Gasteiger partial charge in [0.05, 0.1) is 19.3 Å². The minimum absolute atomic E-state index is 0. The summed E-state index contributed by atoms with van der Waals surface area (Å²) in [5.74, 6) is 0.944. The lowest BCUT2D eigenvalue weighted by atomic mass is 10.1. The second-order valence-electron chi connectivity index (χ2n) is 5.61. The van der Waals surface area contributed by atoms with Gasteiger partial charge in [0.1, 0.15) is 5.82 Å². The molecule has 1 atom stereocenters. The van der Waals surface area contributed by atoms with Crippen LogP contribution in [0, 0.1) is 5.92 Å². The minimum atomic E-state index is -0.467. The van der Waals surface area contributed by atoms with Crippen LogP contribution in [0.15, 0.2) is 18.3 Å². The van der Waals surface area contributed by atoms with Gasteiger partial charge in [0.15, 0.2) is 0 Å². The third-order valence-electron chi connectivity index (χ3n) is 3.63. The number of halogens is 1. The Kier molecular flexibility index (Phi) is 7.58. The number of amides is 1. The normalized spacial score (nSPS) is 16.1. The predicted molar refractivity (Wildman–Crippen MR) is 89.2 cm³/mol. The van der Waals surface area contributed by atoms with Crippen LogP contribution >= 0.6 is 12.4 Å². The Bertz CT molecular complexity index is 478. The van der Waals surface area contributed by atoms with Crippen molar-refractivity contribution in [3.8, 4) is 0 Å². The molecule has 1 amide bonds. The SMILES string of the molecule is CC(C)[C@H](N)C(=O)NCc1ccnc(N2CCOCC2)c1.Cl. The zero-order valence-corrected chi connectivity index (χ0v) is 13.9. The quantitative estimate of drug-likeness (QED) is 0.841. The minimum Gasteiger partial charge on any atom is -0.378 e. The molecule has 7 heteroatoms. The third-order valence-corrected chi connectivity index (χ3v) is 3.63. The monoisotopic (exact) mass is 328 g/mol. The van der Waals surface area contributed by atoms with E-state index in [0.717, 1.165) is 37.7 Å². The molecule has 0 aliphatic carbocycles. The van der Waals surface area contributed by atoms with Gasteiger partial charge >= 0.3 is 0 Å². The molecule has 2 rings (SSSR count). The topological polar surface area (TPSA) is 80.5 Å². The van der Waals surface area contributed by atoms with Crippen LogP contribution in [0.3, 0.4) is 0 Å². The number of aromatic nitrogens is 1. The molecule has 1 aromatic rings. The summed E-state index contributed by atoms with van der Waals surface area (Å²) in [6, 6.07) is 3.45. The highest BCUT2D eigenvalue weighted by Crippen LogP contribution is 2.14. The molecule has 1 fully saturated rings. The van der Waals surface area contributed by atoms with Crippen LogP contribution in [0.5, 0.6) is 0 Å². The van der Waals surface area contributed by atoms with Crippen molar-refractivity contribution in [2.24, 2.45) is 11.7 Å². The van der Waals surface area contributed by atoms with Gasteiger partial charge in [-0.15, -0.1) is 12.4 Å². The number of nitrogens with one attached hydrogen (secondary N) is 1. The van der Waals surface area contributed by atoms with E-state index in [4.69, 9.17) is 10.5 Å². The first-order chi connectivity index (χ1) is 10.1. The maximum absolute atomic E-state index is 11.9. The number of morpholine rings is 1. The summed E-state index contributed by atoms with van der Waals surface area (Å²) in [5, 5.41) is 2.88. The number of hydrogen-bond donors (Lipinski definition) is 2. The van der Waals surface area contributed by atoms with Gasteiger partial charge in [-0.05, 0) is 23.6 Å². The summed E-state index contributed by atoms with van der Waals surface area (Å²) in [5.41, 5.74) is 6.85. The first-order valence-corrected chi connectivity index (χ1v) is 7.39. The highest BCUT2D eigenvalue weighted by atomic mass is 35.5. The molecule has 0 unspecified atom stereocenters. The molecule has 0 aromatic carbocycles. The Hall–Kier alpha value is -1.37. The van der Waals surface area contributed by atoms with Crippen LogP contribution in [0.25, 0.3) is 0 Å². The predicted octanol–water partition coefficient (Wildman–Crippen LogP) is 0.940. The number of pyridine rings is 1. The van der Waals surface area contributed by atoms with Crippen molar-refractivity contribution in [1.29, 1.82) is 0 Å². The number of hydrogen-bond acceptors (Lipinski definition) is 5. The fraction of sp³-hybridized carbons (Fsp3) is 0.600. The number of rotatable bonds is 5. The molecule has 0 spiro atoms. The van der Waals surface area contributed by atoms with Gasteiger partial charge in [-0.3, -0.25) is 4.79 Å². The molecular formula is C15H25ClN4O2. The summed E-state index contributed by atoms with van der Waals surface area (Å²) in [6.07, 6.45) is 1.77. The van der Waals surface area contributed by atoms with E-state index >= 15 is 0 Å². The summed E-state index contributed by atoms with van der Waals surface area (Å²) in [7, 11) is 0. The Labute approximate surface area is 137 Å². The van der Waals surface area contributed by atoms with Gasteiger partial charge < -0.3 is 20.7 Å². The van der Waals surface area contributed by atoms with Crippen LogP contribution in [0.2, 0.25) is 0 Å². The molecule has 124 valence electrons. The smallest absolute Gasteiger partial charge is 0.237 e. The van der Waals surface area contributed by atoms with E-state index in [2.05, 4.69) is 15.2 Å². The van der Waals surface area contributed by atoms with E-state index in [1.807, 2.05) is 26.0 Å². The van der Waals surface area contributed by atoms with Crippen LogP contribution in [0.4, 0.5) is 5.82 Å². The maximum atomic E-state index is 11.9. The number of nitrogens with zero attached hydrogens (tertiary/aromatic N) is 2. The van der Waals surface area contributed by atoms with Crippen molar-refractivity contribution in [1.82, 2.24) is 10.3 Å². The van der Waals surface area contributed by atoms with Crippen molar-refractivity contribution in [3.63, 3.8) is 0 Å². The lowest BCUT2D eigenvalue weighted by Crippen LogP contribution is -2.43. The molecule has 1 aliphatic rings. The molecule has 1 aliphatic heterocycles. The van der Waals surface area contributed by atoms with Crippen molar-refractivity contribution >= 4 is 24.1 Å². The lowest BCUT2D eigenvalue weighted by Gasteiger charge is -2.28. The third kappa shape index (κ3) is 5.12. The summed E-state index contributed by atoms with van der Waals surface area (Å²) in [6.45, 7) is 7.50. The van der Waals surface area contributed by atoms with Gasteiger partial charge in [0.2, 0.25) is 5.91 Å². The zero-order valence-electron chi connectivity index (χ0n) is 13.1. The van der Waals surface area contributed by atoms with Gasteiger partial charge in [-0.25, -0.2) is 4.98 Å². The van der Waals surface area contributed by atoms with Crippen molar-refractivity contribution < 1.29 is 9.53 Å². The van der Waals surface area contributed by atoms with Crippen LogP contribution in [-0.4, -0.2) is 43.2 Å². The molecule has 1 saturated heterocycles. The molecule has 22 heavy (non-hydrogen) atoms. The van der Waals surface area contributed by atoms with E-state index in [-0.39, 0.29) is 24.2 Å². The second-order valence-corrected chi connectivity index (χ2v) is 5.61. The fourth-order valence-electron chi connectivity index (χ4n) is 2.15. The number of carbonyl (C=O) groups is 1. The van der Waals surface area contributed by atoms with E-state index < -0.39 is 6.04 Å². The lowest BCUT2D eigenvalue weighted by molar-refractivity contribution is -0.123. The van der Waals surface area contributed by atoms with E-state index in [1.165, 1.54) is 0 Å². The zero-order chi connectivity index (χ0) is 15.2. The average molecular weight is 329 g/mol. The van der Waals surface area contributed by atoms with Crippen molar-refractivity contribution in [3.05, 3.63) is 23.9 Å². The molecule has 1 aromatic heterocycles. The Morgan fingerprint density at radius 3 is 2.77 bits per heavy atom. The maximum Gasteiger partial charge on any atom is 0.237 e. The fourth-order valence-corrected chi connectivity index (χ4v) is 2.15. The first-order valence-electron chi connectivity index (χ1n) is 7.39. The molecule has 2 heterocycles. The highest BCUT2D eigenvalue weighted by molar-refractivity contribution is 5.85.